The van der Waals surface area contributed by atoms with E-state index in [1.165, 1.54) is 13.3 Å². The maximum Gasteiger partial charge on any atom is 0.340 e. The molecule has 0 spiro atoms. The van der Waals surface area contributed by atoms with Crippen LogP contribution in [0.1, 0.15) is 10.4 Å². The summed E-state index contributed by atoms with van der Waals surface area (Å²) in [6, 6.07) is 11.6. The molecule has 0 fully saturated rings. The molecule has 1 aromatic heterocycles. The first-order chi connectivity index (χ1) is 8.22. The van der Waals surface area contributed by atoms with Crippen molar-refractivity contribution in [1.29, 1.82) is 0 Å². The highest BCUT2D eigenvalue weighted by Gasteiger charge is 2.11. The maximum atomic E-state index is 11.4. The molecular weight excluding hydrogens is 282 g/mol. The van der Waals surface area contributed by atoms with Crippen LogP contribution in [0.3, 0.4) is 0 Å². The molecule has 0 N–H and O–H groups in total. The average Bonchev–Trinajstić information content (AvgIpc) is 2.39. The van der Waals surface area contributed by atoms with Crippen molar-refractivity contribution in [2.45, 2.75) is 0 Å². The number of carbonyl (C=O) groups excluding carboxylic acids is 1. The molecule has 0 saturated carbocycles. The summed E-state index contributed by atoms with van der Waals surface area (Å²) in [6.45, 7) is 0. The third-order valence-corrected chi connectivity index (χ3v) is 2.98. The minimum absolute atomic E-state index is 0.399. The average molecular weight is 292 g/mol. The van der Waals surface area contributed by atoms with E-state index in [1.54, 1.807) is 0 Å². The highest BCUT2D eigenvalue weighted by atomic mass is 79.9. The highest BCUT2D eigenvalue weighted by molar-refractivity contribution is 9.10. The van der Waals surface area contributed by atoms with Gasteiger partial charge in [0.1, 0.15) is 0 Å². The van der Waals surface area contributed by atoms with Gasteiger partial charge in [0.05, 0.1) is 18.4 Å². The van der Waals surface area contributed by atoms with Gasteiger partial charge in [0.2, 0.25) is 0 Å². The van der Waals surface area contributed by atoms with Crippen molar-refractivity contribution < 1.29 is 9.53 Å². The van der Waals surface area contributed by atoms with Gasteiger partial charge >= 0.3 is 5.97 Å². The molecule has 0 radical (unpaired) electrons. The lowest BCUT2D eigenvalue weighted by molar-refractivity contribution is 0.0599. The Morgan fingerprint density at radius 3 is 2.59 bits per heavy atom. The molecule has 2 aromatic rings. The first-order valence-corrected chi connectivity index (χ1v) is 5.81. The second kappa shape index (κ2) is 5.10. The van der Waals surface area contributed by atoms with E-state index in [0.717, 1.165) is 11.3 Å². The van der Waals surface area contributed by atoms with Gasteiger partial charge in [-0.15, -0.1) is 0 Å². The Bertz CT molecular complexity index is 540. The second-order valence-corrected chi connectivity index (χ2v) is 4.26. The number of benzene rings is 1. The molecule has 0 saturated heterocycles. The van der Waals surface area contributed by atoms with Crippen LogP contribution in [-0.4, -0.2) is 18.1 Å². The van der Waals surface area contributed by atoms with Crippen molar-refractivity contribution in [2.24, 2.45) is 0 Å². The molecule has 0 unspecified atom stereocenters. The van der Waals surface area contributed by atoms with Gasteiger partial charge in [-0.1, -0.05) is 30.3 Å². The number of hydrogen-bond acceptors (Lipinski definition) is 3. The monoisotopic (exact) mass is 291 g/mol. The van der Waals surface area contributed by atoms with Gasteiger partial charge in [-0.3, -0.25) is 4.98 Å². The summed E-state index contributed by atoms with van der Waals surface area (Å²) in [5, 5.41) is 0. The van der Waals surface area contributed by atoms with Crippen molar-refractivity contribution >= 4 is 21.9 Å². The largest absolute Gasteiger partial charge is 0.465 e. The quantitative estimate of drug-likeness (QED) is 0.797. The normalized spacial score (nSPS) is 10.0. The van der Waals surface area contributed by atoms with Gasteiger partial charge in [-0.2, -0.15) is 0 Å². The van der Waals surface area contributed by atoms with Crippen LogP contribution in [0.25, 0.3) is 11.3 Å². The van der Waals surface area contributed by atoms with Gasteiger partial charge in [0.25, 0.3) is 0 Å². The summed E-state index contributed by atoms with van der Waals surface area (Å²) in [6.07, 6.45) is 1.51. The maximum absolute atomic E-state index is 11.4. The summed E-state index contributed by atoms with van der Waals surface area (Å²) in [5.74, 6) is -0.399. The van der Waals surface area contributed by atoms with E-state index in [-0.39, 0.29) is 0 Å². The number of hydrogen-bond donors (Lipinski definition) is 0. The molecule has 3 nitrogen and oxygen atoms in total. The minimum Gasteiger partial charge on any atom is -0.465 e. The lowest BCUT2D eigenvalue weighted by Gasteiger charge is -2.05. The molecule has 1 aromatic carbocycles. The van der Waals surface area contributed by atoms with E-state index in [0.29, 0.717) is 10.0 Å². The van der Waals surface area contributed by atoms with Crippen LogP contribution < -0.4 is 0 Å². The summed E-state index contributed by atoms with van der Waals surface area (Å²) < 4.78 is 5.33. The van der Waals surface area contributed by atoms with E-state index < -0.39 is 5.97 Å². The van der Waals surface area contributed by atoms with Crippen molar-refractivity contribution in [3.63, 3.8) is 0 Å². The number of methoxy groups -OCH3 is 1. The number of nitrogens with zero attached hydrogens (tertiary/aromatic N) is 1. The van der Waals surface area contributed by atoms with E-state index in [1.807, 2.05) is 36.4 Å². The molecule has 0 amide bonds. The topological polar surface area (TPSA) is 39.2 Å². The van der Waals surface area contributed by atoms with Crippen molar-refractivity contribution in [3.05, 3.63) is 52.6 Å². The highest BCUT2D eigenvalue weighted by Crippen LogP contribution is 2.23. The second-order valence-electron chi connectivity index (χ2n) is 3.41. The van der Waals surface area contributed by atoms with Gasteiger partial charge in [-0.25, -0.2) is 4.79 Å². The van der Waals surface area contributed by atoms with Crippen molar-refractivity contribution in [1.82, 2.24) is 4.98 Å². The lowest BCUT2D eigenvalue weighted by Crippen LogP contribution is -2.03. The van der Waals surface area contributed by atoms with Crippen LogP contribution in [-0.2, 0) is 4.74 Å². The molecule has 0 atom stereocenters. The van der Waals surface area contributed by atoms with Gasteiger partial charge < -0.3 is 4.74 Å². The predicted octanol–water partition coefficient (Wildman–Crippen LogP) is 3.30. The predicted molar refractivity (Wildman–Crippen MR) is 68.7 cm³/mol. The van der Waals surface area contributed by atoms with Crippen LogP contribution in [0.5, 0.6) is 0 Å². The third kappa shape index (κ3) is 2.53. The van der Waals surface area contributed by atoms with Crippen LogP contribution in [0.4, 0.5) is 0 Å². The number of pyridine rings is 1. The molecule has 0 bridgehead atoms. The Kier molecular flexibility index (Phi) is 3.54. The van der Waals surface area contributed by atoms with E-state index in [4.69, 9.17) is 0 Å². The number of aromatic nitrogens is 1. The molecule has 0 aliphatic rings. The van der Waals surface area contributed by atoms with Gasteiger partial charge in [0, 0.05) is 16.2 Å². The van der Waals surface area contributed by atoms with Crippen molar-refractivity contribution in [3.8, 4) is 11.3 Å². The van der Waals surface area contributed by atoms with E-state index in [2.05, 4.69) is 25.7 Å². The first-order valence-electron chi connectivity index (χ1n) is 5.01. The number of carbonyl (C=O) groups is 1. The summed E-state index contributed by atoms with van der Waals surface area (Å²) in [7, 11) is 1.35. The standard InChI is InChI=1S/C13H10BrNO2/c1-17-13(16)10-8-15-12(7-11(10)14)9-5-3-2-4-6-9/h2-8H,1H3. The third-order valence-electron chi connectivity index (χ3n) is 2.33. The summed E-state index contributed by atoms with van der Waals surface area (Å²) in [5.41, 5.74) is 2.24. The fourth-order valence-corrected chi connectivity index (χ4v) is 1.94. The smallest absolute Gasteiger partial charge is 0.340 e. The van der Waals surface area contributed by atoms with Gasteiger partial charge in [-0.05, 0) is 22.0 Å². The summed E-state index contributed by atoms with van der Waals surface area (Å²) in [4.78, 5) is 15.6. The molecule has 86 valence electrons. The van der Waals surface area contributed by atoms with Crippen LogP contribution in [0, 0.1) is 0 Å². The molecule has 4 heteroatoms. The Labute approximate surface area is 108 Å². The number of rotatable bonds is 2. The Balaban J connectivity index is 2.41. The van der Waals surface area contributed by atoms with Crippen LogP contribution >= 0.6 is 15.9 Å². The zero-order chi connectivity index (χ0) is 12.3. The fourth-order valence-electron chi connectivity index (χ4n) is 1.46. The van der Waals surface area contributed by atoms with E-state index in [9.17, 15) is 4.79 Å². The Morgan fingerprint density at radius 2 is 2.00 bits per heavy atom. The number of esters is 1. The van der Waals surface area contributed by atoms with Crippen LogP contribution in [0.15, 0.2) is 47.1 Å². The SMILES string of the molecule is COC(=O)c1cnc(-c2ccccc2)cc1Br. The minimum atomic E-state index is -0.399. The zero-order valence-electron chi connectivity index (χ0n) is 9.18. The molecule has 0 aliphatic heterocycles. The number of halogens is 1. The molecule has 0 aliphatic carbocycles. The number of ether oxygens (including phenoxy) is 1. The molecule has 2 rings (SSSR count). The fraction of sp³-hybridized carbons (Fsp3) is 0.0769. The van der Waals surface area contributed by atoms with E-state index >= 15 is 0 Å². The zero-order valence-corrected chi connectivity index (χ0v) is 10.8. The Hall–Kier alpha value is -1.68. The Morgan fingerprint density at radius 1 is 1.29 bits per heavy atom. The molecule has 17 heavy (non-hydrogen) atoms. The first kappa shape index (κ1) is 11.8. The van der Waals surface area contributed by atoms with Crippen molar-refractivity contribution in [2.75, 3.05) is 7.11 Å². The van der Waals surface area contributed by atoms with Gasteiger partial charge in [0.15, 0.2) is 0 Å². The van der Waals surface area contributed by atoms with Crippen LogP contribution in [0.2, 0.25) is 0 Å². The molecule has 1 heterocycles. The summed E-state index contributed by atoms with van der Waals surface area (Å²) >= 11 is 3.34. The lowest BCUT2D eigenvalue weighted by atomic mass is 10.1. The molecular formula is C13H10BrNO2.